The summed E-state index contributed by atoms with van der Waals surface area (Å²) in [5, 5.41) is 51.6. The molecule has 6 aromatic carbocycles. The van der Waals surface area contributed by atoms with E-state index in [0.717, 1.165) is 44.2 Å². The molecule has 0 aromatic heterocycles. The molecule has 2 heterocycles. The summed E-state index contributed by atoms with van der Waals surface area (Å²) in [4.78, 5) is 35.6. The zero-order valence-electron chi connectivity index (χ0n) is 30.5. The standard InChI is InChI=1S/C23H16O6.C21H25N3O2S/c24-20-16(14-7-3-1-5-12(14)9-18(20)22(26)27)11-17-15-8-4-2-6-13(15)10-19(21(17)25)23(28)29;25-14-16-26-15-13-23-9-11-24(12-10-23)21-17-5-1-3-7-19(17)27-20-8-4-2-6-18(20)22-21/h1-10,24-25H,11H2,(H,26,27)(H,28,29);1-8,25H,9-16H2. The zero-order valence-corrected chi connectivity index (χ0v) is 31.3. The fourth-order valence-electron chi connectivity index (χ4n) is 7.14. The highest BCUT2D eigenvalue weighted by molar-refractivity contribution is 7.99. The molecule has 286 valence electrons. The summed E-state index contributed by atoms with van der Waals surface area (Å²) in [5.41, 5.74) is 2.38. The first-order valence-corrected chi connectivity index (χ1v) is 19.1. The van der Waals surface area contributed by atoms with Crippen LogP contribution in [0.25, 0.3) is 21.5 Å². The van der Waals surface area contributed by atoms with Crippen molar-refractivity contribution in [2.45, 2.75) is 16.2 Å². The van der Waals surface area contributed by atoms with Gasteiger partial charge in [0.15, 0.2) is 0 Å². The van der Waals surface area contributed by atoms with Crippen molar-refractivity contribution in [1.82, 2.24) is 9.80 Å². The number of hydrogen-bond acceptors (Lipinski definition) is 10. The van der Waals surface area contributed by atoms with Gasteiger partial charge in [0, 0.05) is 65.6 Å². The minimum atomic E-state index is -1.28. The van der Waals surface area contributed by atoms with Gasteiger partial charge in [-0.2, -0.15) is 0 Å². The first-order chi connectivity index (χ1) is 27.2. The van der Waals surface area contributed by atoms with Crippen molar-refractivity contribution in [1.29, 1.82) is 0 Å². The topological polar surface area (TPSA) is 163 Å². The van der Waals surface area contributed by atoms with E-state index in [1.807, 2.05) is 0 Å². The van der Waals surface area contributed by atoms with Gasteiger partial charge in [0.05, 0.1) is 25.5 Å². The summed E-state index contributed by atoms with van der Waals surface area (Å²) in [7, 11) is 0. The van der Waals surface area contributed by atoms with Crippen LogP contribution in [0.5, 0.6) is 11.5 Å². The summed E-state index contributed by atoms with van der Waals surface area (Å²) < 4.78 is 5.40. The predicted octanol–water partition coefficient (Wildman–Crippen LogP) is 7.25. The predicted molar refractivity (Wildman–Crippen MR) is 217 cm³/mol. The molecule has 2 aliphatic rings. The average Bonchev–Trinajstić information content (AvgIpc) is 3.38. The lowest BCUT2D eigenvalue weighted by molar-refractivity contribution is 0.0652. The van der Waals surface area contributed by atoms with E-state index < -0.39 is 23.4 Å². The van der Waals surface area contributed by atoms with E-state index in [4.69, 9.17) is 14.8 Å². The molecule has 0 unspecified atom stereocenters. The number of carbonyl (C=O) groups is 2. The van der Waals surface area contributed by atoms with Crippen LogP contribution in [0.4, 0.5) is 5.69 Å². The maximum Gasteiger partial charge on any atom is 0.339 e. The van der Waals surface area contributed by atoms with Crippen LogP contribution >= 0.6 is 11.8 Å². The molecule has 0 bridgehead atoms. The second-order valence-electron chi connectivity index (χ2n) is 13.4. The number of piperazine rings is 1. The number of para-hydroxylation sites is 1. The third-order valence-corrected chi connectivity index (χ3v) is 11.1. The van der Waals surface area contributed by atoms with Crippen molar-refractivity contribution in [3.05, 3.63) is 137 Å². The second kappa shape index (κ2) is 17.3. The van der Waals surface area contributed by atoms with Crippen molar-refractivity contribution in [2.24, 2.45) is 4.99 Å². The fourth-order valence-corrected chi connectivity index (χ4v) is 8.16. The van der Waals surface area contributed by atoms with Crippen LogP contribution in [0.15, 0.2) is 124 Å². The number of carboxylic acid groups (broad SMARTS) is 2. The van der Waals surface area contributed by atoms with E-state index in [2.05, 4.69) is 58.3 Å². The Kier molecular flexibility index (Phi) is 11.8. The number of aliphatic hydroxyl groups is 1. The van der Waals surface area contributed by atoms with Crippen LogP contribution < -0.4 is 0 Å². The Morgan fingerprint density at radius 2 is 1.21 bits per heavy atom. The minimum absolute atomic E-state index is 0.0407. The summed E-state index contributed by atoms with van der Waals surface area (Å²) >= 11 is 1.80. The van der Waals surface area contributed by atoms with Crippen LogP contribution in [-0.4, -0.2) is 106 Å². The highest BCUT2D eigenvalue weighted by Gasteiger charge is 2.26. The largest absolute Gasteiger partial charge is 0.507 e. The van der Waals surface area contributed by atoms with Crippen molar-refractivity contribution in [2.75, 3.05) is 52.5 Å². The van der Waals surface area contributed by atoms with Crippen LogP contribution in [0.1, 0.15) is 37.4 Å². The smallest absolute Gasteiger partial charge is 0.339 e. The summed E-state index contributed by atoms with van der Waals surface area (Å²) in [5.74, 6) is -2.27. The van der Waals surface area contributed by atoms with Gasteiger partial charge in [-0.05, 0) is 51.9 Å². The lowest BCUT2D eigenvalue weighted by Crippen LogP contribution is -2.49. The number of benzene rings is 6. The quantitative estimate of drug-likeness (QED) is 0.0942. The molecule has 0 amide bonds. The summed E-state index contributed by atoms with van der Waals surface area (Å²) in [6.45, 7) is 6.01. The van der Waals surface area contributed by atoms with Gasteiger partial charge >= 0.3 is 11.9 Å². The number of amidine groups is 1. The Hall–Kier alpha value is -5.92. The van der Waals surface area contributed by atoms with E-state index in [0.29, 0.717) is 45.9 Å². The van der Waals surface area contributed by atoms with Crippen LogP contribution in [-0.2, 0) is 11.2 Å². The van der Waals surface area contributed by atoms with Crippen molar-refractivity contribution >= 4 is 56.8 Å². The van der Waals surface area contributed by atoms with E-state index >= 15 is 0 Å². The molecule has 1 saturated heterocycles. The van der Waals surface area contributed by atoms with Crippen LogP contribution in [0, 0.1) is 0 Å². The first-order valence-electron chi connectivity index (χ1n) is 18.3. The lowest BCUT2D eigenvalue weighted by Gasteiger charge is -2.36. The molecule has 5 N–H and O–H groups in total. The van der Waals surface area contributed by atoms with E-state index in [1.54, 1.807) is 60.3 Å². The highest BCUT2D eigenvalue weighted by atomic mass is 32.2. The van der Waals surface area contributed by atoms with Gasteiger partial charge in [-0.3, -0.25) is 4.90 Å². The van der Waals surface area contributed by atoms with E-state index in [-0.39, 0.29) is 24.2 Å². The van der Waals surface area contributed by atoms with Crippen molar-refractivity contribution in [3.63, 3.8) is 0 Å². The number of ether oxygens (including phenoxy) is 1. The fraction of sp³-hybridized carbons (Fsp3) is 0.205. The number of aliphatic imine (C=N–C) groups is 1. The molecule has 1 fully saturated rings. The van der Waals surface area contributed by atoms with Crippen molar-refractivity contribution in [3.8, 4) is 11.5 Å². The summed E-state index contributed by atoms with van der Waals surface area (Å²) in [6.07, 6.45) is -0.0407. The van der Waals surface area contributed by atoms with Gasteiger partial charge in [0.1, 0.15) is 28.5 Å². The second-order valence-corrected chi connectivity index (χ2v) is 14.5. The SMILES string of the molecule is O=C(O)c1cc2ccccc2c(Cc2c(O)c(C(=O)O)cc3ccccc23)c1O.OCCOCCN1CCN(C2=Nc3ccccc3Sc3ccccc32)CC1. The molecule has 56 heavy (non-hydrogen) atoms. The molecule has 0 radical (unpaired) electrons. The Balaban J connectivity index is 0.000000172. The zero-order chi connectivity index (χ0) is 39.2. The van der Waals surface area contributed by atoms with Crippen LogP contribution in [0.2, 0.25) is 0 Å². The van der Waals surface area contributed by atoms with Gasteiger partial charge in [0.25, 0.3) is 0 Å². The number of rotatable bonds is 9. The molecule has 12 heteroatoms. The molecule has 0 saturated carbocycles. The number of phenols is 2. The Labute approximate surface area is 327 Å². The summed E-state index contributed by atoms with van der Waals surface area (Å²) in [6, 6.07) is 33.7. The molecule has 0 aliphatic carbocycles. The average molecular weight is 772 g/mol. The molecule has 11 nitrogen and oxygen atoms in total. The third kappa shape index (κ3) is 8.19. The lowest BCUT2D eigenvalue weighted by atomic mass is 9.90. The van der Waals surface area contributed by atoms with Gasteiger partial charge < -0.3 is 35.2 Å². The number of aromatic hydroxyl groups is 2. The normalized spacial score (nSPS) is 13.9. The molecule has 0 atom stereocenters. The number of nitrogens with zero attached hydrogens (tertiary/aromatic N) is 3. The van der Waals surface area contributed by atoms with Crippen molar-refractivity contribution < 1.29 is 39.9 Å². The molecule has 0 spiro atoms. The molecular weight excluding hydrogens is 731 g/mol. The molecular formula is C44H41N3O8S. The Morgan fingerprint density at radius 1 is 0.679 bits per heavy atom. The van der Waals surface area contributed by atoms with E-state index in [9.17, 15) is 30.0 Å². The Bertz CT molecular complexity index is 2340. The first kappa shape index (κ1) is 38.4. The number of aliphatic hydroxyl groups excluding tert-OH is 1. The highest BCUT2D eigenvalue weighted by Crippen LogP contribution is 2.41. The van der Waals surface area contributed by atoms with Crippen LogP contribution in [0.3, 0.4) is 0 Å². The number of aromatic carboxylic acids is 2. The molecule has 8 rings (SSSR count). The molecule has 2 aliphatic heterocycles. The maximum atomic E-state index is 11.6. The number of hydrogen-bond donors (Lipinski definition) is 5. The Morgan fingerprint density at radius 3 is 1.80 bits per heavy atom. The van der Waals surface area contributed by atoms with Gasteiger partial charge in [0.2, 0.25) is 0 Å². The third-order valence-electron chi connectivity index (χ3n) is 9.97. The number of carboxylic acids is 2. The van der Waals surface area contributed by atoms with Gasteiger partial charge in [-0.15, -0.1) is 0 Å². The minimum Gasteiger partial charge on any atom is -0.507 e. The maximum absolute atomic E-state index is 11.6. The monoisotopic (exact) mass is 771 g/mol. The number of fused-ring (bicyclic) bond motifs is 4. The van der Waals surface area contributed by atoms with E-state index in [1.165, 1.54) is 27.5 Å². The van der Waals surface area contributed by atoms with Gasteiger partial charge in [-0.1, -0.05) is 90.6 Å². The molecule has 6 aromatic rings. The van der Waals surface area contributed by atoms with Gasteiger partial charge in [-0.25, -0.2) is 14.6 Å².